The number of carbonyl (C=O) groups is 1. The van der Waals surface area contributed by atoms with Crippen LogP contribution in [0, 0.1) is 13.8 Å². The zero-order valence-corrected chi connectivity index (χ0v) is 19.5. The van der Waals surface area contributed by atoms with Crippen molar-refractivity contribution in [3.05, 3.63) is 52.8 Å². The first-order valence-corrected chi connectivity index (χ1v) is 10.8. The normalized spacial score (nSPS) is 14.8. The number of nitrogens with two attached hydrogens (primary N) is 1. The van der Waals surface area contributed by atoms with Gasteiger partial charge in [0.1, 0.15) is 0 Å². The largest absolute Gasteiger partial charge is 0.378 e. The fourth-order valence-corrected chi connectivity index (χ4v) is 4.11. The van der Waals surface area contributed by atoms with Crippen LogP contribution in [0.5, 0.6) is 0 Å². The number of aryl methyl sites for hydroxylation is 1. The molecule has 30 heavy (non-hydrogen) atoms. The number of nitrogens with zero attached hydrogens (tertiary/aromatic N) is 2. The van der Waals surface area contributed by atoms with Gasteiger partial charge in [-0.2, -0.15) is 0 Å². The number of rotatable bonds is 7. The van der Waals surface area contributed by atoms with Gasteiger partial charge < -0.3 is 19.9 Å². The van der Waals surface area contributed by atoms with Gasteiger partial charge in [0.15, 0.2) is 0 Å². The Hall–Kier alpha value is -1.82. The first kappa shape index (κ1) is 24.4. The van der Waals surface area contributed by atoms with Gasteiger partial charge in [0.25, 0.3) is 5.91 Å². The molecular weight excluding hydrogens is 398 g/mol. The van der Waals surface area contributed by atoms with Gasteiger partial charge in [0.05, 0.1) is 11.7 Å². The number of hydrogen-bond acceptors (Lipinski definition) is 3. The molecule has 5 nitrogen and oxygen atoms in total. The predicted molar refractivity (Wildman–Crippen MR) is 125 cm³/mol. The van der Waals surface area contributed by atoms with E-state index in [0.29, 0.717) is 19.1 Å². The molecule has 1 aromatic heterocycles. The van der Waals surface area contributed by atoms with E-state index >= 15 is 0 Å². The second-order valence-corrected chi connectivity index (χ2v) is 8.37. The molecule has 2 aromatic rings. The van der Waals surface area contributed by atoms with Gasteiger partial charge in [0.2, 0.25) is 0 Å². The van der Waals surface area contributed by atoms with Crippen molar-refractivity contribution in [2.75, 3.05) is 26.2 Å². The first-order chi connectivity index (χ1) is 13.9. The lowest BCUT2D eigenvalue weighted by molar-refractivity contribution is 0.00843. The third-order valence-corrected chi connectivity index (χ3v) is 5.91. The first-order valence-electron chi connectivity index (χ1n) is 10.8. The fraction of sp³-hybridized carbons (Fsp3) is 0.542. The molecule has 6 heteroatoms. The third-order valence-electron chi connectivity index (χ3n) is 5.91. The van der Waals surface area contributed by atoms with Crippen molar-refractivity contribution in [3.63, 3.8) is 0 Å². The van der Waals surface area contributed by atoms with Crippen molar-refractivity contribution in [1.82, 2.24) is 9.47 Å². The number of piperidine rings is 1. The van der Waals surface area contributed by atoms with E-state index in [-0.39, 0.29) is 24.4 Å². The van der Waals surface area contributed by atoms with Gasteiger partial charge in [-0.1, -0.05) is 26.0 Å². The van der Waals surface area contributed by atoms with Gasteiger partial charge in [-0.15, -0.1) is 12.4 Å². The molecule has 2 N–H and O–H groups in total. The maximum Gasteiger partial charge on any atom is 0.255 e. The van der Waals surface area contributed by atoms with Crippen LogP contribution in [0.15, 0.2) is 30.3 Å². The Morgan fingerprint density at radius 1 is 1.17 bits per heavy atom. The van der Waals surface area contributed by atoms with E-state index < -0.39 is 0 Å². The smallest absolute Gasteiger partial charge is 0.255 e. The number of carbonyl (C=O) groups excluding carboxylic acids is 1. The van der Waals surface area contributed by atoms with Crippen LogP contribution in [0.4, 0.5) is 0 Å². The van der Waals surface area contributed by atoms with Gasteiger partial charge in [-0.3, -0.25) is 4.79 Å². The summed E-state index contributed by atoms with van der Waals surface area (Å²) in [5.41, 5.74) is 10.9. The van der Waals surface area contributed by atoms with Crippen LogP contribution in [-0.2, 0) is 4.74 Å². The molecule has 1 aliphatic heterocycles. The van der Waals surface area contributed by atoms with Gasteiger partial charge >= 0.3 is 0 Å². The van der Waals surface area contributed by atoms with E-state index in [0.717, 1.165) is 55.0 Å². The highest BCUT2D eigenvalue weighted by Gasteiger charge is 2.26. The Bertz CT molecular complexity index is 822. The quantitative estimate of drug-likeness (QED) is 0.648. The van der Waals surface area contributed by atoms with Crippen LogP contribution in [-0.4, -0.2) is 47.7 Å². The molecule has 0 aliphatic carbocycles. The summed E-state index contributed by atoms with van der Waals surface area (Å²) in [7, 11) is 0. The number of ether oxygens (including phenoxy) is 1. The van der Waals surface area contributed by atoms with Crippen LogP contribution in [0.2, 0.25) is 0 Å². The van der Waals surface area contributed by atoms with Crippen LogP contribution < -0.4 is 5.73 Å². The Kier molecular flexibility index (Phi) is 8.95. The molecule has 0 atom stereocenters. The molecule has 1 saturated heterocycles. The molecule has 166 valence electrons. The van der Waals surface area contributed by atoms with Crippen molar-refractivity contribution in [2.24, 2.45) is 5.73 Å². The average Bonchev–Trinajstić information content (AvgIpc) is 3.02. The lowest BCUT2D eigenvalue weighted by Gasteiger charge is -2.32. The second-order valence-electron chi connectivity index (χ2n) is 8.37. The highest BCUT2D eigenvalue weighted by Crippen LogP contribution is 2.25. The summed E-state index contributed by atoms with van der Waals surface area (Å²) < 4.78 is 8.05. The van der Waals surface area contributed by atoms with Crippen LogP contribution in [0.1, 0.15) is 66.3 Å². The number of amides is 1. The summed E-state index contributed by atoms with van der Waals surface area (Å²) >= 11 is 0. The molecule has 0 spiro atoms. The highest BCUT2D eigenvalue weighted by atomic mass is 35.5. The Labute approximate surface area is 187 Å². The van der Waals surface area contributed by atoms with Crippen molar-refractivity contribution in [2.45, 2.75) is 59.0 Å². The molecular formula is C24H36ClN3O2. The third kappa shape index (κ3) is 5.45. The molecule has 1 amide bonds. The predicted octanol–water partition coefficient (Wildman–Crippen LogP) is 4.61. The van der Waals surface area contributed by atoms with E-state index in [1.54, 1.807) is 0 Å². The minimum Gasteiger partial charge on any atom is -0.378 e. The summed E-state index contributed by atoms with van der Waals surface area (Å²) in [5, 5.41) is 0. The second kappa shape index (κ2) is 11.0. The van der Waals surface area contributed by atoms with Gasteiger partial charge in [-0.25, -0.2) is 0 Å². The van der Waals surface area contributed by atoms with E-state index in [1.807, 2.05) is 17.9 Å². The molecule has 0 saturated carbocycles. The van der Waals surface area contributed by atoms with Gasteiger partial charge in [0, 0.05) is 36.8 Å². The standard InChI is InChI=1S/C24H35N3O2.ClH/c1-17(2)20-6-8-21(9-7-20)27-18(3)16-23(19(27)4)24(28)26-13-10-22(11-14-26)29-15-5-12-25;/h6-9,16-17,22H,5,10-15,25H2,1-4H3;1H. The molecule has 1 aromatic carbocycles. The number of aromatic nitrogens is 1. The summed E-state index contributed by atoms with van der Waals surface area (Å²) in [5.74, 6) is 0.638. The summed E-state index contributed by atoms with van der Waals surface area (Å²) in [6.45, 7) is 11.4. The topological polar surface area (TPSA) is 60.5 Å². The lowest BCUT2D eigenvalue weighted by atomic mass is 10.0. The monoisotopic (exact) mass is 433 g/mol. The number of likely N-dealkylation sites (tertiary alicyclic amines) is 1. The molecule has 1 fully saturated rings. The maximum absolute atomic E-state index is 13.2. The van der Waals surface area contributed by atoms with Gasteiger partial charge in [-0.05, 0) is 69.3 Å². The number of hydrogen-bond donors (Lipinski definition) is 1. The Balaban J connectivity index is 0.00000320. The lowest BCUT2D eigenvalue weighted by Crippen LogP contribution is -2.41. The SMILES string of the molecule is Cc1cc(C(=O)N2CCC(OCCCN)CC2)c(C)n1-c1ccc(C(C)C)cc1.Cl. The van der Waals surface area contributed by atoms with Crippen molar-refractivity contribution >= 4 is 18.3 Å². The van der Waals surface area contributed by atoms with Crippen molar-refractivity contribution in [1.29, 1.82) is 0 Å². The molecule has 0 bridgehead atoms. The Morgan fingerprint density at radius 3 is 2.37 bits per heavy atom. The summed E-state index contributed by atoms with van der Waals surface area (Å²) in [4.78, 5) is 15.2. The molecule has 2 heterocycles. The Morgan fingerprint density at radius 2 is 1.80 bits per heavy atom. The van der Waals surface area contributed by atoms with Crippen molar-refractivity contribution < 1.29 is 9.53 Å². The summed E-state index contributed by atoms with van der Waals surface area (Å²) in [6.07, 6.45) is 2.93. The van der Waals surface area contributed by atoms with Crippen molar-refractivity contribution in [3.8, 4) is 5.69 Å². The number of halogens is 1. The maximum atomic E-state index is 13.2. The molecule has 0 radical (unpaired) electrons. The van der Waals surface area contributed by atoms with E-state index in [2.05, 4.69) is 49.6 Å². The molecule has 0 unspecified atom stereocenters. The van der Waals surface area contributed by atoms with Crippen LogP contribution >= 0.6 is 12.4 Å². The zero-order chi connectivity index (χ0) is 21.0. The minimum atomic E-state index is 0. The van der Waals surface area contributed by atoms with Crippen LogP contribution in [0.25, 0.3) is 5.69 Å². The molecule has 1 aliphatic rings. The van der Waals surface area contributed by atoms with Crippen LogP contribution in [0.3, 0.4) is 0 Å². The zero-order valence-electron chi connectivity index (χ0n) is 18.7. The summed E-state index contributed by atoms with van der Waals surface area (Å²) in [6, 6.07) is 10.7. The highest BCUT2D eigenvalue weighted by molar-refractivity contribution is 5.96. The van der Waals surface area contributed by atoms with E-state index in [9.17, 15) is 4.79 Å². The minimum absolute atomic E-state index is 0. The number of benzene rings is 1. The van der Waals surface area contributed by atoms with E-state index in [4.69, 9.17) is 10.5 Å². The average molecular weight is 434 g/mol. The molecule has 3 rings (SSSR count). The fourth-order valence-electron chi connectivity index (χ4n) is 4.11. The van der Waals surface area contributed by atoms with E-state index in [1.165, 1.54) is 5.56 Å².